The second-order valence-corrected chi connectivity index (χ2v) is 6.62. The molecule has 0 radical (unpaired) electrons. The number of unbranched alkanes of at least 4 members (excludes halogenated alkanes) is 1. The molecule has 1 aromatic heterocycles. The van der Waals surface area contributed by atoms with Gasteiger partial charge in [0.05, 0.1) is 26.5 Å². The molecule has 1 aromatic carbocycles. The standard InChI is InChI=1S/C16H18ClNO3S/c1-2-3-10-18-16(19)14-9-8-12(21-14)11-22(20)15-7-5-4-6-13(15)17/h4-9H,2-3,10-11H2,1H3,(H,18,19)/t22-/m1/s1. The number of hydrogen-bond donors (Lipinski definition) is 1. The van der Waals surface area contributed by atoms with Gasteiger partial charge in [-0.2, -0.15) is 0 Å². The number of furan rings is 1. The summed E-state index contributed by atoms with van der Waals surface area (Å²) in [6.07, 6.45) is 1.94. The molecule has 1 N–H and O–H groups in total. The van der Waals surface area contributed by atoms with E-state index in [1.165, 1.54) is 0 Å². The van der Waals surface area contributed by atoms with Crippen LogP contribution in [-0.2, 0) is 16.6 Å². The van der Waals surface area contributed by atoms with Crippen LogP contribution in [0.3, 0.4) is 0 Å². The summed E-state index contributed by atoms with van der Waals surface area (Å²) in [5.41, 5.74) is 0. The van der Waals surface area contributed by atoms with Gasteiger partial charge in [-0.1, -0.05) is 37.1 Å². The number of amides is 1. The Morgan fingerprint density at radius 2 is 2.05 bits per heavy atom. The smallest absolute Gasteiger partial charge is 0.286 e. The molecule has 0 unspecified atom stereocenters. The van der Waals surface area contributed by atoms with E-state index in [1.807, 2.05) is 0 Å². The van der Waals surface area contributed by atoms with Gasteiger partial charge in [0.15, 0.2) is 5.76 Å². The van der Waals surface area contributed by atoms with Gasteiger partial charge in [0.2, 0.25) is 0 Å². The number of rotatable bonds is 7. The zero-order valence-electron chi connectivity index (χ0n) is 12.3. The van der Waals surface area contributed by atoms with Crippen molar-refractivity contribution in [2.45, 2.75) is 30.4 Å². The molecule has 4 nitrogen and oxygen atoms in total. The number of halogens is 1. The maximum absolute atomic E-state index is 12.3. The number of carbonyl (C=O) groups excluding carboxylic acids is 1. The maximum Gasteiger partial charge on any atom is 0.286 e. The predicted octanol–water partition coefficient (Wildman–Crippen LogP) is 3.77. The van der Waals surface area contributed by atoms with Crippen molar-refractivity contribution in [2.24, 2.45) is 0 Å². The van der Waals surface area contributed by atoms with E-state index >= 15 is 0 Å². The zero-order chi connectivity index (χ0) is 15.9. The Labute approximate surface area is 137 Å². The molecule has 118 valence electrons. The lowest BCUT2D eigenvalue weighted by Gasteiger charge is -2.03. The highest BCUT2D eigenvalue weighted by atomic mass is 35.5. The lowest BCUT2D eigenvalue weighted by molar-refractivity contribution is 0.0924. The van der Waals surface area contributed by atoms with Crippen LogP contribution in [0.15, 0.2) is 45.7 Å². The SMILES string of the molecule is CCCCNC(=O)c1ccc(C[S@@](=O)c2ccccc2Cl)o1. The van der Waals surface area contributed by atoms with Gasteiger partial charge in [-0.15, -0.1) is 0 Å². The summed E-state index contributed by atoms with van der Waals surface area (Å²) < 4.78 is 17.8. The van der Waals surface area contributed by atoms with Gasteiger partial charge in [0, 0.05) is 6.54 Å². The van der Waals surface area contributed by atoms with Crippen LogP contribution in [0.25, 0.3) is 0 Å². The summed E-state index contributed by atoms with van der Waals surface area (Å²) >= 11 is 6.02. The highest BCUT2D eigenvalue weighted by molar-refractivity contribution is 7.84. The number of nitrogens with one attached hydrogen (secondary N) is 1. The first-order valence-electron chi connectivity index (χ1n) is 7.11. The highest BCUT2D eigenvalue weighted by Crippen LogP contribution is 2.22. The van der Waals surface area contributed by atoms with Crippen molar-refractivity contribution in [3.63, 3.8) is 0 Å². The molecule has 6 heteroatoms. The van der Waals surface area contributed by atoms with Crippen LogP contribution < -0.4 is 5.32 Å². The van der Waals surface area contributed by atoms with E-state index < -0.39 is 10.8 Å². The van der Waals surface area contributed by atoms with Crippen molar-refractivity contribution in [2.75, 3.05) is 6.54 Å². The van der Waals surface area contributed by atoms with Crippen molar-refractivity contribution < 1.29 is 13.4 Å². The maximum atomic E-state index is 12.3. The van der Waals surface area contributed by atoms with E-state index in [2.05, 4.69) is 12.2 Å². The van der Waals surface area contributed by atoms with Crippen molar-refractivity contribution >= 4 is 28.3 Å². The first-order chi connectivity index (χ1) is 10.6. The van der Waals surface area contributed by atoms with Crippen molar-refractivity contribution in [1.82, 2.24) is 5.32 Å². The molecule has 2 rings (SSSR count). The normalized spacial score (nSPS) is 12.1. The van der Waals surface area contributed by atoms with Crippen molar-refractivity contribution in [3.8, 4) is 0 Å². The molecule has 1 atom stereocenters. The van der Waals surface area contributed by atoms with Crippen LogP contribution in [-0.4, -0.2) is 16.7 Å². The molecule has 0 bridgehead atoms. The minimum Gasteiger partial charge on any atom is -0.455 e. The van der Waals surface area contributed by atoms with Gasteiger partial charge in [-0.25, -0.2) is 0 Å². The van der Waals surface area contributed by atoms with Crippen molar-refractivity contribution in [3.05, 3.63) is 52.9 Å². The quantitative estimate of drug-likeness (QED) is 0.781. The molecule has 0 spiro atoms. The summed E-state index contributed by atoms with van der Waals surface area (Å²) in [5.74, 6) is 0.677. The van der Waals surface area contributed by atoms with E-state index in [0.29, 0.717) is 22.2 Å². The van der Waals surface area contributed by atoms with Gasteiger partial charge in [-0.05, 0) is 30.7 Å². The Morgan fingerprint density at radius 3 is 2.77 bits per heavy atom. The molecular weight excluding hydrogens is 322 g/mol. The third-order valence-electron chi connectivity index (χ3n) is 3.06. The second kappa shape index (κ2) is 8.15. The second-order valence-electron chi connectivity index (χ2n) is 4.80. The molecular formula is C16H18ClNO3S. The first-order valence-corrected chi connectivity index (χ1v) is 8.81. The van der Waals surface area contributed by atoms with Gasteiger partial charge >= 0.3 is 0 Å². The van der Waals surface area contributed by atoms with E-state index in [9.17, 15) is 9.00 Å². The Hall–Kier alpha value is -1.59. The van der Waals surface area contributed by atoms with E-state index in [-0.39, 0.29) is 17.4 Å². The fourth-order valence-corrected chi connectivity index (χ4v) is 3.36. The zero-order valence-corrected chi connectivity index (χ0v) is 13.9. The van der Waals surface area contributed by atoms with Crippen molar-refractivity contribution in [1.29, 1.82) is 0 Å². The topological polar surface area (TPSA) is 59.3 Å². The average Bonchev–Trinajstić information content (AvgIpc) is 2.96. The van der Waals surface area contributed by atoms with E-state index in [1.54, 1.807) is 36.4 Å². The summed E-state index contributed by atoms with van der Waals surface area (Å²) in [6.45, 7) is 2.68. The highest BCUT2D eigenvalue weighted by Gasteiger charge is 2.14. The molecule has 1 heterocycles. The molecule has 0 saturated heterocycles. The minimum atomic E-state index is -1.31. The lowest BCUT2D eigenvalue weighted by Crippen LogP contribution is -2.23. The molecule has 0 aliphatic heterocycles. The minimum absolute atomic E-state index is 0.186. The van der Waals surface area contributed by atoms with Crippen LogP contribution in [0, 0.1) is 0 Å². The molecule has 0 fully saturated rings. The summed E-state index contributed by atoms with van der Waals surface area (Å²) in [6, 6.07) is 10.3. The number of carbonyl (C=O) groups is 1. The average molecular weight is 340 g/mol. The monoisotopic (exact) mass is 339 g/mol. The Bertz CT molecular complexity index is 669. The summed E-state index contributed by atoms with van der Waals surface area (Å²) in [7, 11) is -1.31. The molecule has 0 aliphatic rings. The summed E-state index contributed by atoms with van der Waals surface area (Å²) in [4.78, 5) is 12.4. The van der Waals surface area contributed by atoms with Gasteiger partial charge < -0.3 is 9.73 Å². The van der Waals surface area contributed by atoms with E-state index in [0.717, 1.165) is 12.8 Å². The molecule has 1 amide bonds. The predicted molar refractivity (Wildman–Crippen MR) is 87.5 cm³/mol. The van der Waals surface area contributed by atoms with Gasteiger partial charge in [0.1, 0.15) is 5.76 Å². The van der Waals surface area contributed by atoms with Crippen LogP contribution in [0.2, 0.25) is 5.02 Å². The largest absolute Gasteiger partial charge is 0.455 e. The number of benzene rings is 1. The van der Waals surface area contributed by atoms with Crippen LogP contribution in [0.4, 0.5) is 0 Å². The fourth-order valence-electron chi connectivity index (χ4n) is 1.88. The number of hydrogen-bond acceptors (Lipinski definition) is 3. The third kappa shape index (κ3) is 4.45. The Kier molecular flexibility index (Phi) is 6.21. The third-order valence-corrected chi connectivity index (χ3v) is 4.89. The Balaban J connectivity index is 1.99. The lowest BCUT2D eigenvalue weighted by atomic mass is 10.3. The van der Waals surface area contributed by atoms with Crippen LogP contribution >= 0.6 is 11.6 Å². The van der Waals surface area contributed by atoms with Gasteiger partial charge in [-0.3, -0.25) is 9.00 Å². The molecule has 0 saturated carbocycles. The Morgan fingerprint density at radius 1 is 1.27 bits per heavy atom. The fraction of sp³-hybridized carbons (Fsp3) is 0.312. The van der Waals surface area contributed by atoms with Crippen LogP contribution in [0.1, 0.15) is 36.1 Å². The molecule has 2 aromatic rings. The summed E-state index contributed by atoms with van der Waals surface area (Å²) in [5, 5.41) is 3.24. The molecule has 0 aliphatic carbocycles. The van der Waals surface area contributed by atoms with E-state index in [4.69, 9.17) is 16.0 Å². The van der Waals surface area contributed by atoms with Gasteiger partial charge in [0.25, 0.3) is 5.91 Å². The van der Waals surface area contributed by atoms with Crippen LogP contribution in [0.5, 0.6) is 0 Å². The molecule has 22 heavy (non-hydrogen) atoms. The first kappa shape index (κ1) is 16.8.